The number of carbonyl (C=O) groups excluding carboxylic acids is 1. The molecule has 1 aliphatic rings. The lowest BCUT2D eigenvalue weighted by atomic mass is 10.0. The van der Waals surface area contributed by atoms with Gasteiger partial charge in [-0.05, 0) is 30.9 Å². The van der Waals surface area contributed by atoms with Gasteiger partial charge in [0.05, 0.1) is 12.5 Å². The number of hydrogen-bond acceptors (Lipinski definition) is 4. The molecule has 0 aromatic carbocycles. The molecule has 1 amide bonds. The number of methoxy groups -OCH3 is 1. The third kappa shape index (κ3) is 4.27. The molecular formula is C16H22N2O4. The predicted molar refractivity (Wildman–Crippen MR) is 80.0 cm³/mol. The summed E-state index contributed by atoms with van der Waals surface area (Å²) in [5.41, 5.74) is 0.958. The normalized spacial score (nSPS) is 20.8. The topological polar surface area (TPSA) is 79.7 Å². The van der Waals surface area contributed by atoms with Gasteiger partial charge in [0.15, 0.2) is 0 Å². The predicted octanol–water partition coefficient (Wildman–Crippen LogP) is 1.56. The van der Waals surface area contributed by atoms with Crippen molar-refractivity contribution in [3.63, 3.8) is 0 Å². The molecule has 0 aliphatic heterocycles. The maximum absolute atomic E-state index is 12.7. The average molecular weight is 306 g/mol. The summed E-state index contributed by atoms with van der Waals surface area (Å²) >= 11 is 0. The first-order chi connectivity index (χ1) is 10.6. The van der Waals surface area contributed by atoms with Crippen molar-refractivity contribution in [2.45, 2.75) is 25.8 Å². The Morgan fingerprint density at radius 3 is 2.77 bits per heavy atom. The van der Waals surface area contributed by atoms with Crippen LogP contribution in [0.1, 0.15) is 24.8 Å². The molecule has 22 heavy (non-hydrogen) atoms. The van der Waals surface area contributed by atoms with Crippen LogP contribution in [0.3, 0.4) is 0 Å². The zero-order chi connectivity index (χ0) is 15.9. The van der Waals surface area contributed by atoms with Crippen LogP contribution in [0.4, 0.5) is 0 Å². The van der Waals surface area contributed by atoms with Gasteiger partial charge in [0.1, 0.15) is 0 Å². The van der Waals surface area contributed by atoms with E-state index in [1.54, 1.807) is 24.4 Å². The van der Waals surface area contributed by atoms with Crippen LogP contribution in [0, 0.1) is 11.8 Å². The highest BCUT2D eigenvalue weighted by atomic mass is 16.5. The lowest BCUT2D eigenvalue weighted by Crippen LogP contribution is -2.37. The van der Waals surface area contributed by atoms with Crippen molar-refractivity contribution in [3.8, 4) is 0 Å². The highest BCUT2D eigenvalue weighted by Gasteiger charge is 2.35. The number of amides is 1. The van der Waals surface area contributed by atoms with E-state index in [1.165, 1.54) is 0 Å². The maximum Gasteiger partial charge on any atom is 0.306 e. The molecule has 1 saturated carbocycles. The molecule has 1 aromatic rings. The smallest absolute Gasteiger partial charge is 0.306 e. The number of carbonyl (C=O) groups is 2. The number of aliphatic carboxylic acids is 1. The molecule has 1 N–H and O–H groups in total. The fourth-order valence-electron chi connectivity index (χ4n) is 2.87. The Bertz CT molecular complexity index is 506. The molecule has 1 heterocycles. The van der Waals surface area contributed by atoms with Gasteiger partial charge in [-0.25, -0.2) is 0 Å². The first-order valence-corrected chi connectivity index (χ1v) is 7.51. The Morgan fingerprint density at radius 2 is 2.18 bits per heavy atom. The fraction of sp³-hybridized carbons (Fsp3) is 0.562. The van der Waals surface area contributed by atoms with Crippen molar-refractivity contribution < 1.29 is 19.4 Å². The molecule has 0 bridgehead atoms. The number of pyridine rings is 1. The second-order valence-corrected chi connectivity index (χ2v) is 5.66. The van der Waals surface area contributed by atoms with E-state index in [2.05, 4.69) is 4.98 Å². The molecular weight excluding hydrogens is 284 g/mol. The van der Waals surface area contributed by atoms with Crippen LogP contribution in [-0.4, -0.2) is 47.1 Å². The highest BCUT2D eigenvalue weighted by molar-refractivity contribution is 5.81. The van der Waals surface area contributed by atoms with E-state index in [-0.39, 0.29) is 11.8 Å². The molecule has 1 aliphatic carbocycles. The van der Waals surface area contributed by atoms with Crippen LogP contribution in [0.5, 0.6) is 0 Å². The quantitative estimate of drug-likeness (QED) is 0.827. The molecule has 6 heteroatoms. The van der Waals surface area contributed by atoms with Gasteiger partial charge in [-0.2, -0.15) is 0 Å². The van der Waals surface area contributed by atoms with E-state index >= 15 is 0 Å². The maximum atomic E-state index is 12.7. The standard InChI is InChI=1S/C16H22N2O4/c1-22-8-7-18(11-12-3-2-6-17-10-12)15(19)13-4-5-14(9-13)16(20)21/h2-3,6,10,13-14H,4-5,7-9,11H2,1H3,(H,20,21)/t13-,14+/m0/s1. The fourth-order valence-corrected chi connectivity index (χ4v) is 2.87. The summed E-state index contributed by atoms with van der Waals surface area (Å²) in [6.45, 7) is 1.43. The molecule has 1 fully saturated rings. The van der Waals surface area contributed by atoms with E-state index in [4.69, 9.17) is 9.84 Å². The van der Waals surface area contributed by atoms with E-state index in [9.17, 15) is 9.59 Å². The van der Waals surface area contributed by atoms with Crippen LogP contribution in [-0.2, 0) is 20.9 Å². The molecule has 2 atom stereocenters. The molecule has 0 radical (unpaired) electrons. The lowest BCUT2D eigenvalue weighted by Gasteiger charge is -2.25. The molecule has 6 nitrogen and oxygen atoms in total. The molecule has 1 aromatic heterocycles. The Kier molecular flexibility index (Phi) is 5.89. The van der Waals surface area contributed by atoms with Crippen LogP contribution < -0.4 is 0 Å². The minimum atomic E-state index is -0.800. The van der Waals surface area contributed by atoms with Crippen molar-refractivity contribution in [1.29, 1.82) is 0 Å². The third-order valence-corrected chi connectivity index (χ3v) is 4.10. The molecule has 0 spiro atoms. The van der Waals surface area contributed by atoms with Crippen molar-refractivity contribution in [3.05, 3.63) is 30.1 Å². The van der Waals surface area contributed by atoms with Gasteiger partial charge in [0.2, 0.25) is 5.91 Å². The van der Waals surface area contributed by atoms with E-state index in [0.717, 1.165) is 5.56 Å². The third-order valence-electron chi connectivity index (χ3n) is 4.10. The Labute approximate surface area is 130 Å². The first-order valence-electron chi connectivity index (χ1n) is 7.51. The molecule has 2 rings (SSSR count). The van der Waals surface area contributed by atoms with Gasteiger partial charge in [-0.15, -0.1) is 0 Å². The summed E-state index contributed by atoms with van der Waals surface area (Å²) in [6.07, 6.45) is 5.09. The van der Waals surface area contributed by atoms with Crippen LogP contribution >= 0.6 is 0 Å². The second-order valence-electron chi connectivity index (χ2n) is 5.66. The second kappa shape index (κ2) is 7.89. The summed E-state index contributed by atoms with van der Waals surface area (Å²) in [7, 11) is 1.60. The Morgan fingerprint density at radius 1 is 1.41 bits per heavy atom. The van der Waals surface area contributed by atoms with E-state index in [1.807, 2.05) is 12.1 Å². The highest BCUT2D eigenvalue weighted by Crippen LogP contribution is 2.32. The van der Waals surface area contributed by atoms with E-state index < -0.39 is 11.9 Å². The number of nitrogens with zero attached hydrogens (tertiary/aromatic N) is 2. The van der Waals surface area contributed by atoms with Crippen molar-refractivity contribution in [2.75, 3.05) is 20.3 Å². The summed E-state index contributed by atoms with van der Waals surface area (Å²) in [6, 6.07) is 3.76. The monoisotopic (exact) mass is 306 g/mol. The van der Waals surface area contributed by atoms with Crippen LogP contribution in [0.2, 0.25) is 0 Å². The minimum Gasteiger partial charge on any atom is -0.481 e. The number of carboxylic acid groups (broad SMARTS) is 1. The molecule has 0 saturated heterocycles. The number of aromatic nitrogens is 1. The molecule has 120 valence electrons. The summed E-state index contributed by atoms with van der Waals surface area (Å²) in [4.78, 5) is 29.5. The van der Waals surface area contributed by atoms with Crippen LogP contribution in [0.15, 0.2) is 24.5 Å². The number of ether oxygens (including phenoxy) is 1. The van der Waals surface area contributed by atoms with E-state index in [0.29, 0.717) is 39.0 Å². The zero-order valence-electron chi connectivity index (χ0n) is 12.8. The number of hydrogen-bond donors (Lipinski definition) is 1. The van der Waals surface area contributed by atoms with Gasteiger partial charge in [0, 0.05) is 38.5 Å². The number of rotatable bonds is 7. The minimum absolute atomic E-state index is 0.0182. The first kappa shape index (κ1) is 16.4. The Hall–Kier alpha value is -1.95. The van der Waals surface area contributed by atoms with Gasteiger partial charge < -0.3 is 14.7 Å². The average Bonchev–Trinajstić information content (AvgIpc) is 3.02. The van der Waals surface area contributed by atoms with Gasteiger partial charge in [-0.1, -0.05) is 6.07 Å². The summed E-state index contributed by atoms with van der Waals surface area (Å²) < 4.78 is 5.08. The SMILES string of the molecule is COCCN(Cc1cccnc1)C(=O)[C@H]1CC[C@@H](C(=O)O)C1. The van der Waals surface area contributed by atoms with Crippen molar-refractivity contribution in [1.82, 2.24) is 9.88 Å². The largest absolute Gasteiger partial charge is 0.481 e. The van der Waals surface area contributed by atoms with Gasteiger partial charge in [0.25, 0.3) is 0 Å². The number of carboxylic acids is 1. The van der Waals surface area contributed by atoms with Gasteiger partial charge in [-0.3, -0.25) is 14.6 Å². The Balaban J connectivity index is 2.01. The van der Waals surface area contributed by atoms with Crippen molar-refractivity contribution >= 4 is 11.9 Å². The molecule has 0 unspecified atom stereocenters. The summed E-state index contributed by atoms with van der Waals surface area (Å²) in [5, 5.41) is 9.07. The van der Waals surface area contributed by atoms with Crippen molar-refractivity contribution in [2.24, 2.45) is 11.8 Å². The van der Waals surface area contributed by atoms with Gasteiger partial charge >= 0.3 is 5.97 Å². The van der Waals surface area contributed by atoms with Crippen LogP contribution in [0.25, 0.3) is 0 Å². The lowest BCUT2D eigenvalue weighted by molar-refractivity contribution is -0.141. The zero-order valence-corrected chi connectivity index (χ0v) is 12.8. The summed E-state index contributed by atoms with van der Waals surface area (Å²) in [5.74, 6) is -1.37.